The molecule has 0 bridgehead atoms. The Labute approximate surface area is 117 Å². The van der Waals surface area contributed by atoms with E-state index in [0.717, 1.165) is 12.0 Å². The van der Waals surface area contributed by atoms with Crippen molar-refractivity contribution in [2.24, 2.45) is 5.92 Å². The summed E-state index contributed by atoms with van der Waals surface area (Å²) in [6, 6.07) is 5.01. The van der Waals surface area contributed by atoms with E-state index in [0.29, 0.717) is 18.0 Å². The molecule has 1 amide bonds. The number of aromatic hydroxyl groups is 1. The fourth-order valence-corrected chi connectivity index (χ4v) is 2.63. The van der Waals surface area contributed by atoms with E-state index in [1.54, 1.807) is 18.2 Å². The molecule has 0 saturated carbocycles. The Kier molecular flexibility index (Phi) is 5.66. The van der Waals surface area contributed by atoms with E-state index in [4.69, 9.17) is 0 Å². The molecule has 1 rings (SSSR count). The van der Waals surface area contributed by atoms with Gasteiger partial charge >= 0.3 is 0 Å². The molecule has 2 N–H and O–H groups in total. The van der Waals surface area contributed by atoms with Gasteiger partial charge in [0.1, 0.15) is 5.75 Å². The van der Waals surface area contributed by atoms with Crippen molar-refractivity contribution in [2.75, 3.05) is 6.54 Å². The third-order valence-electron chi connectivity index (χ3n) is 2.61. The SMILES string of the molecule is Cc1ccc(O)c(C(=O)NCC(Br)CC(C)C)c1. The quantitative estimate of drug-likeness (QED) is 0.820. The summed E-state index contributed by atoms with van der Waals surface area (Å²) in [6.07, 6.45) is 1.00. The van der Waals surface area contributed by atoms with Crippen molar-refractivity contribution in [1.82, 2.24) is 5.32 Å². The number of aryl methyl sites for hydroxylation is 1. The van der Waals surface area contributed by atoms with Gasteiger partial charge in [-0.3, -0.25) is 4.79 Å². The molecule has 0 saturated heterocycles. The maximum Gasteiger partial charge on any atom is 0.255 e. The molecule has 18 heavy (non-hydrogen) atoms. The van der Waals surface area contributed by atoms with E-state index in [1.807, 2.05) is 6.92 Å². The second-order valence-electron chi connectivity index (χ2n) is 4.96. The smallest absolute Gasteiger partial charge is 0.255 e. The molecule has 0 aliphatic heterocycles. The first kappa shape index (κ1) is 15.0. The zero-order chi connectivity index (χ0) is 13.7. The van der Waals surface area contributed by atoms with Gasteiger partial charge in [0, 0.05) is 11.4 Å². The van der Waals surface area contributed by atoms with E-state index >= 15 is 0 Å². The molecule has 4 heteroatoms. The number of phenolic OH excluding ortho intramolecular Hbond substituents is 1. The minimum absolute atomic E-state index is 0.0214. The molecule has 1 aromatic carbocycles. The van der Waals surface area contributed by atoms with Crippen LogP contribution < -0.4 is 5.32 Å². The van der Waals surface area contributed by atoms with Crippen molar-refractivity contribution >= 4 is 21.8 Å². The van der Waals surface area contributed by atoms with Crippen LogP contribution in [-0.2, 0) is 0 Å². The van der Waals surface area contributed by atoms with Crippen LogP contribution in [0.4, 0.5) is 0 Å². The lowest BCUT2D eigenvalue weighted by Crippen LogP contribution is -2.30. The summed E-state index contributed by atoms with van der Waals surface area (Å²) in [7, 11) is 0. The van der Waals surface area contributed by atoms with E-state index in [2.05, 4.69) is 35.1 Å². The van der Waals surface area contributed by atoms with Crippen molar-refractivity contribution in [2.45, 2.75) is 32.0 Å². The lowest BCUT2D eigenvalue weighted by molar-refractivity contribution is 0.0950. The Morgan fingerprint density at radius 3 is 2.72 bits per heavy atom. The highest BCUT2D eigenvalue weighted by Gasteiger charge is 2.13. The van der Waals surface area contributed by atoms with Gasteiger partial charge in [-0.15, -0.1) is 0 Å². The Bertz CT molecular complexity index is 418. The summed E-state index contributed by atoms with van der Waals surface area (Å²) in [4.78, 5) is 12.2. The summed E-state index contributed by atoms with van der Waals surface area (Å²) in [5.74, 6) is 0.371. The zero-order valence-corrected chi connectivity index (χ0v) is 12.6. The minimum atomic E-state index is -0.232. The third-order valence-corrected chi connectivity index (χ3v) is 3.31. The lowest BCUT2D eigenvalue weighted by atomic mass is 10.1. The molecular formula is C14H20BrNO2. The zero-order valence-electron chi connectivity index (χ0n) is 11.0. The number of alkyl halides is 1. The fourth-order valence-electron chi connectivity index (χ4n) is 1.73. The van der Waals surface area contributed by atoms with Gasteiger partial charge in [0.25, 0.3) is 5.91 Å². The van der Waals surface area contributed by atoms with Gasteiger partial charge in [0.2, 0.25) is 0 Å². The van der Waals surface area contributed by atoms with Crippen LogP contribution in [0.25, 0.3) is 0 Å². The van der Waals surface area contributed by atoms with Crippen LogP contribution >= 0.6 is 15.9 Å². The molecule has 100 valence electrons. The van der Waals surface area contributed by atoms with Gasteiger partial charge in [-0.25, -0.2) is 0 Å². The maximum absolute atomic E-state index is 11.9. The van der Waals surface area contributed by atoms with Gasteiger partial charge in [-0.05, 0) is 31.4 Å². The molecule has 0 heterocycles. The first-order valence-electron chi connectivity index (χ1n) is 6.12. The number of hydrogen-bond acceptors (Lipinski definition) is 2. The molecule has 3 nitrogen and oxygen atoms in total. The van der Waals surface area contributed by atoms with Crippen LogP contribution in [0, 0.1) is 12.8 Å². The van der Waals surface area contributed by atoms with E-state index in [-0.39, 0.29) is 16.5 Å². The third kappa shape index (κ3) is 4.69. The summed E-state index contributed by atoms with van der Waals surface area (Å²) >= 11 is 3.54. The van der Waals surface area contributed by atoms with Crippen molar-refractivity contribution in [3.8, 4) is 5.75 Å². The first-order chi connectivity index (χ1) is 8.40. The number of nitrogens with one attached hydrogen (secondary N) is 1. The maximum atomic E-state index is 11.9. The molecule has 0 spiro atoms. The van der Waals surface area contributed by atoms with Gasteiger partial charge in [-0.2, -0.15) is 0 Å². The molecule has 0 aliphatic carbocycles. The molecule has 1 unspecified atom stereocenters. The minimum Gasteiger partial charge on any atom is -0.507 e. The van der Waals surface area contributed by atoms with Crippen LogP contribution in [0.3, 0.4) is 0 Å². The average Bonchev–Trinajstić information content (AvgIpc) is 2.28. The number of rotatable bonds is 5. The largest absolute Gasteiger partial charge is 0.507 e. The standard InChI is InChI=1S/C14H20BrNO2/c1-9(2)6-11(15)8-16-14(18)12-7-10(3)4-5-13(12)17/h4-5,7,9,11,17H,6,8H2,1-3H3,(H,16,18). The van der Waals surface area contributed by atoms with Crippen LogP contribution in [0.15, 0.2) is 18.2 Å². The van der Waals surface area contributed by atoms with E-state index in [9.17, 15) is 9.90 Å². The molecule has 0 aliphatic rings. The Balaban J connectivity index is 2.58. The van der Waals surface area contributed by atoms with Gasteiger partial charge in [-0.1, -0.05) is 41.4 Å². The van der Waals surface area contributed by atoms with Crippen molar-refractivity contribution in [1.29, 1.82) is 0 Å². The lowest BCUT2D eigenvalue weighted by Gasteiger charge is -2.13. The molecular weight excluding hydrogens is 294 g/mol. The average molecular weight is 314 g/mol. The summed E-state index contributed by atoms with van der Waals surface area (Å²) in [6.45, 7) is 6.73. The van der Waals surface area contributed by atoms with Crippen LogP contribution in [-0.4, -0.2) is 22.4 Å². The second kappa shape index (κ2) is 6.78. The number of carbonyl (C=O) groups excluding carboxylic acids is 1. The van der Waals surface area contributed by atoms with Gasteiger partial charge in [0.05, 0.1) is 5.56 Å². The summed E-state index contributed by atoms with van der Waals surface area (Å²) in [5, 5.41) is 12.5. The topological polar surface area (TPSA) is 49.3 Å². The second-order valence-corrected chi connectivity index (χ2v) is 6.25. The molecule has 1 atom stereocenters. The van der Waals surface area contributed by atoms with Crippen molar-refractivity contribution in [3.05, 3.63) is 29.3 Å². The highest BCUT2D eigenvalue weighted by atomic mass is 79.9. The van der Waals surface area contributed by atoms with Gasteiger partial charge in [0.15, 0.2) is 0 Å². The first-order valence-corrected chi connectivity index (χ1v) is 7.03. The Hall–Kier alpha value is -1.03. The Morgan fingerprint density at radius 1 is 1.44 bits per heavy atom. The van der Waals surface area contributed by atoms with Crippen molar-refractivity contribution in [3.63, 3.8) is 0 Å². The predicted octanol–water partition coefficient (Wildman–Crippen LogP) is 3.24. The van der Waals surface area contributed by atoms with E-state index < -0.39 is 0 Å². The van der Waals surface area contributed by atoms with Crippen molar-refractivity contribution < 1.29 is 9.90 Å². The monoisotopic (exact) mass is 313 g/mol. The number of hydrogen-bond donors (Lipinski definition) is 2. The summed E-state index contributed by atoms with van der Waals surface area (Å²) < 4.78 is 0. The summed E-state index contributed by atoms with van der Waals surface area (Å²) in [5.41, 5.74) is 1.29. The van der Waals surface area contributed by atoms with Crippen LogP contribution in [0.1, 0.15) is 36.2 Å². The number of carbonyl (C=O) groups is 1. The fraction of sp³-hybridized carbons (Fsp3) is 0.500. The van der Waals surface area contributed by atoms with Gasteiger partial charge < -0.3 is 10.4 Å². The number of amides is 1. The molecule has 0 fully saturated rings. The molecule has 0 radical (unpaired) electrons. The van der Waals surface area contributed by atoms with Crippen LogP contribution in [0.5, 0.6) is 5.75 Å². The highest BCUT2D eigenvalue weighted by Crippen LogP contribution is 2.18. The highest BCUT2D eigenvalue weighted by molar-refractivity contribution is 9.09. The predicted molar refractivity (Wildman–Crippen MR) is 77.3 cm³/mol. The molecule has 0 aromatic heterocycles. The molecule has 1 aromatic rings. The normalized spacial score (nSPS) is 12.5. The van der Waals surface area contributed by atoms with E-state index in [1.165, 1.54) is 0 Å². The number of phenols is 1. The van der Waals surface area contributed by atoms with Crippen LogP contribution in [0.2, 0.25) is 0 Å². The Morgan fingerprint density at radius 2 is 2.11 bits per heavy atom. The number of halogens is 1. The number of benzene rings is 1.